The van der Waals surface area contributed by atoms with Gasteiger partial charge in [-0.3, -0.25) is 9.89 Å². The molecule has 31 heavy (non-hydrogen) atoms. The molecule has 2 N–H and O–H groups in total. The van der Waals surface area contributed by atoms with Crippen molar-refractivity contribution in [1.82, 2.24) is 25.1 Å². The number of imidazole rings is 1. The van der Waals surface area contributed by atoms with E-state index in [1.807, 2.05) is 24.3 Å². The van der Waals surface area contributed by atoms with Gasteiger partial charge in [-0.25, -0.2) is 9.37 Å². The molecule has 0 aliphatic carbocycles. The van der Waals surface area contributed by atoms with Crippen molar-refractivity contribution < 1.29 is 13.9 Å². The second kappa shape index (κ2) is 8.03. The van der Waals surface area contributed by atoms with Crippen molar-refractivity contribution in [2.45, 2.75) is 18.9 Å². The number of rotatable bonds is 5. The summed E-state index contributed by atoms with van der Waals surface area (Å²) in [6.07, 6.45) is 0.802. The summed E-state index contributed by atoms with van der Waals surface area (Å²) in [4.78, 5) is 21.8. The molecule has 1 saturated heterocycles. The Morgan fingerprint density at radius 1 is 1.26 bits per heavy atom. The normalized spacial score (nSPS) is 16.2. The van der Waals surface area contributed by atoms with E-state index in [4.69, 9.17) is 16.3 Å². The summed E-state index contributed by atoms with van der Waals surface area (Å²) < 4.78 is 19.1. The van der Waals surface area contributed by atoms with Gasteiger partial charge in [-0.05, 0) is 42.8 Å². The zero-order valence-electron chi connectivity index (χ0n) is 16.4. The maximum atomic E-state index is 13.4. The van der Waals surface area contributed by atoms with Crippen molar-refractivity contribution in [3.8, 4) is 5.75 Å². The Balaban J connectivity index is 1.23. The van der Waals surface area contributed by atoms with Crippen LogP contribution in [0.5, 0.6) is 5.75 Å². The third-order valence-corrected chi connectivity index (χ3v) is 5.72. The molecule has 2 aromatic heterocycles. The fourth-order valence-electron chi connectivity index (χ4n) is 3.80. The van der Waals surface area contributed by atoms with Gasteiger partial charge in [0.05, 0.1) is 27.4 Å². The first-order valence-corrected chi connectivity index (χ1v) is 10.3. The number of benzene rings is 2. The van der Waals surface area contributed by atoms with Crippen molar-refractivity contribution in [1.29, 1.82) is 0 Å². The molecule has 1 aliphatic heterocycles. The van der Waals surface area contributed by atoms with Crippen LogP contribution in [0.3, 0.4) is 0 Å². The first-order valence-electron chi connectivity index (χ1n) is 9.93. The highest BCUT2D eigenvalue weighted by molar-refractivity contribution is 6.32. The second-order valence-electron chi connectivity index (χ2n) is 7.52. The summed E-state index contributed by atoms with van der Waals surface area (Å²) in [7, 11) is 0. The first-order chi connectivity index (χ1) is 15.1. The van der Waals surface area contributed by atoms with Crippen molar-refractivity contribution in [2.75, 3.05) is 13.1 Å². The molecule has 1 unspecified atom stereocenters. The van der Waals surface area contributed by atoms with E-state index in [0.29, 0.717) is 41.5 Å². The van der Waals surface area contributed by atoms with Crippen LogP contribution in [0.15, 0.2) is 48.5 Å². The fourth-order valence-corrected chi connectivity index (χ4v) is 3.99. The largest absolute Gasteiger partial charge is 0.486 e. The molecule has 9 heteroatoms. The molecule has 0 saturated carbocycles. The average molecular weight is 440 g/mol. The first kappa shape index (κ1) is 19.6. The number of amides is 1. The van der Waals surface area contributed by atoms with Crippen molar-refractivity contribution in [3.05, 3.63) is 76.6 Å². The molecule has 4 aromatic rings. The van der Waals surface area contributed by atoms with Crippen LogP contribution < -0.4 is 4.74 Å². The Bertz CT molecular complexity index is 1250. The number of likely N-dealkylation sites (tertiary alicyclic amines) is 1. The van der Waals surface area contributed by atoms with E-state index in [2.05, 4.69) is 20.2 Å². The lowest BCUT2D eigenvalue weighted by molar-refractivity contribution is 0.0780. The van der Waals surface area contributed by atoms with E-state index >= 15 is 0 Å². The minimum Gasteiger partial charge on any atom is -0.486 e. The number of nitrogens with zero attached hydrogens (tertiary/aromatic N) is 3. The van der Waals surface area contributed by atoms with Gasteiger partial charge in [0.25, 0.3) is 5.91 Å². The van der Waals surface area contributed by atoms with E-state index in [1.54, 1.807) is 17.0 Å². The van der Waals surface area contributed by atoms with Gasteiger partial charge in [0.15, 0.2) is 5.82 Å². The van der Waals surface area contributed by atoms with Gasteiger partial charge >= 0.3 is 0 Å². The van der Waals surface area contributed by atoms with Gasteiger partial charge in [0.2, 0.25) is 0 Å². The number of hydrogen-bond acceptors (Lipinski definition) is 4. The lowest BCUT2D eigenvalue weighted by atomic mass is 10.1. The van der Waals surface area contributed by atoms with E-state index < -0.39 is 0 Å². The average Bonchev–Trinajstić information content (AvgIpc) is 3.51. The molecular formula is C22H19ClFN5O2. The maximum Gasteiger partial charge on any atom is 0.289 e. The van der Waals surface area contributed by atoms with Crippen molar-refractivity contribution in [3.63, 3.8) is 0 Å². The quantitative estimate of drug-likeness (QED) is 0.485. The summed E-state index contributed by atoms with van der Waals surface area (Å²) in [6.45, 7) is 1.47. The van der Waals surface area contributed by atoms with Crippen molar-refractivity contribution >= 4 is 28.5 Å². The third kappa shape index (κ3) is 3.98. The van der Waals surface area contributed by atoms with Gasteiger partial charge in [-0.2, -0.15) is 5.10 Å². The number of aromatic amines is 2. The lowest BCUT2D eigenvalue weighted by Gasteiger charge is -2.14. The predicted molar refractivity (Wildman–Crippen MR) is 114 cm³/mol. The van der Waals surface area contributed by atoms with Crippen LogP contribution in [0.4, 0.5) is 4.39 Å². The van der Waals surface area contributed by atoms with Crippen LogP contribution in [0.2, 0.25) is 5.02 Å². The number of H-pyrrole nitrogens is 2. The Morgan fingerprint density at radius 3 is 3.00 bits per heavy atom. The van der Waals surface area contributed by atoms with Crippen LogP contribution in [-0.2, 0) is 6.61 Å². The van der Waals surface area contributed by atoms with Gasteiger partial charge in [-0.1, -0.05) is 23.7 Å². The number of aromatic nitrogens is 4. The molecule has 1 fully saturated rings. The number of para-hydroxylation sites is 1. The lowest BCUT2D eigenvalue weighted by Crippen LogP contribution is -2.29. The zero-order valence-corrected chi connectivity index (χ0v) is 17.2. The fraction of sp³-hybridized carbons (Fsp3) is 0.227. The highest BCUT2D eigenvalue weighted by Crippen LogP contribution is 2.28. The van der Waals surface area contributed by atoms with Crippen LogP contribution >= 0.6 is 11.6 Å². The second-order valence-corrected chi connectivity index (χ2v) is 7.93. The molecule has 2 aromatic carbocycles. The van der Waals surface area contributed by atoms with E-state index in [9.17, 15) is 9.18 Å². The van der Waals surface area contributed by atoms with E-state index in [1.165, 1.54) is 12.1 Å². The van der Waals surface area contributed by atoms with Crippen LogP contribution in [0.25, 0.3) is 11.0 Å². The SMILES string of the molecule is O=C(c1nc2ccc(F)cc2[nH]1)N1CCC(c2cc(COc3ccccc3Cl)[nH]n2)C1. The van der Waals surface area contributed by atoms with Crippen LogP contribution in [-0.4, -0.2) is 44.1 Å². The number of halogens is 2. The minimum atomic E-state index is -0.371. The number of hydrogen-bond donors (Lipinski definition) is 2. The number of carbonyl (C=O) groups is 1. The number of fused-ring (bicyclic) bond motifs is 1. The molecule has 0 spiro atoms. The molecule has 158 valence electrons. The van der Waals surface area contributed by atoms with Crippen molar-refractivity contribution in [2.24, 2.45) is 0 Å². The monoisotopic (exact) mass is 439 g/mol. The van der Waals surface area contributed by atoms with Gasteiger partial charge in [0.1, 0.15) is 18.2 Å². The molecule has 0 bridgehead atoms. The van der Waals surface area contributed by atoms with Crippen LogP contribution in [0, 0.1) is 5.82 Å². The van der Waals surface area contributed by atoms with E-state index in [0.717, 1.165) is 17.8 Å². The van der Waals surface area contributed by atoms with Crippen LogP contribution in [0.1, 0.15) is 34.3 Å². The summed E-state index contributed by atoms with van der Waals surface area (Å²) in [5.41, 5.74) is 2.80. The maximum absolute atomic E-state index is 13.4. The summed E-state index contributed by atoms with van der Waals surface area (Å²) in [5, 5.41) is 7.95. The molecule has 5 rings (SSSR count). The Hall–Kier alpha value is -3.39. The molecule has 1 aliphatic rings. The summed E-state index contributed by atoms with van der Waals surface area (Å²) in [5.74, 6) is 0.387. The highest BCUT2D eigenvalue weighted by atomic mass is 35.5. The van der Waals surface area contributed by atoms with Gasteiger partial charge in [0, 0.05) is 19.0 Å². The topological polar surface area (TPSA) is 86.9 Å². The van der Waals surface area contributed by atoms with Gasteiger partial charge < -0.3 is 14.6 Å². The smallest absolute Gasteiger partial charge is 0.289 e. The third-order valence-electron chi connectivity index (χ3n) is 5.41. The zero-order chi connectivity index (χ0) is 21.4. The number of ether oxygens (including phenoxy) is 1. The highest BCUT2D eigenvalue weighted by Gasteiger charge is 2.31. The molecule has 1 atom stereocenters. The Labute approximate surface area is 182 Å². The van der Waals surface area contributed by atoms with E-state index in [-0.39, 0.29) is 23.5 Å². The number of carbonyl (C=O) groups excluding carboxylic acids is 1. The molecular weight excluding hydrogens is 421 g/mol. The Morgan fingerprint density at radius 2 is 2.13 bits per heavy atom. The predicted octanol–water partition coefficient (Wildman–Crippen LogP) is 4.29. The standard InChI is InChI=1S/C22H19ClFN5O2/c23-16-3-1-2-4-20(16)31-12-15-10-18(28-27-15)13-7-8-29(11-13)22(30)21-25-17-6-5-14(24)9-19(17)26-21/h1-6,9-10,13H,7-8,11-12H2,(H,25,26)(H,27,28). The number of nitrogens with one attached hydrogen (secondary N) is 2. The molecule has 0 radical (unpaired) electrons. The molecule has 7 nitrogen and oxygen atoms in total. The summed E-state index contributed by atoms with van der Waals surface area (Å²) >= 11 is 6.11. The molecule has 3 heterocycles. The Kier molecular flexibility index (Phi) is 5.07. The minimum absolute atomic E-state index is 0.121. The molecule has 1 amide bonds. The summed E-state index contributed by atoms with van der Waals surface area (Å²) in [6, 6.07) is 13.5. The van der Waals surface area contributed by atoms with Gasteiger partial charge in [-0.15, -0.1) is 0 Å².